The maximum absolute atomic E-state index is 12.7. The van der Waals surface area contributed by atoms with Gasteiger partial charge in [-0.05, 0) is 19.4 Å². The van der Waals surface area contributed by atoms with Crippen LogP contribution in [0.4, 0.5) is 0 Å². The zero-order chi connectivity index (χ0) is 22.8. The van der Waals surface area contributed by atoms with Crippen molar-refractivity contribution in [3.63, 3.8) is 0 Å². The Balaban J connectivity index is 2.76. The Hall–Kier alpha value is -2.13. The van der Waals surface area contributed by atoms with E-state index in [1.54, 1.807) is 13.8 Å². The molecule has 6 N–H and O–H groups in total. The Bertz CT molecular complexity index is 703. The Morgan fingerprint density at radius 1 is 1.07 bits per heavy atom. The maximum Gasteiger partial charge on any atom is 0.226 e. The second-order valence-corrected chi connectivity index (χ2v) is 7.89. The zero-order valence-corrected chi connectivity index (χ0v) is 18.3. The molecule has 1 rings (SSSR count). The Labute approximate surface area is 178 Å². The summed E-state index contributed by atoms with van der Waals surface area (Å²) in [6.07, 6.45) is -2.26. The van der Waals surface area contributed by atoms with E-state index >= 15 is 0 Å². The molecule has 0 fully saturated rings. The van der Waals surface area contributed by atoms with Gasteiger partial charge in [0.15, 0.2) is 11.6 Å². The van der Waals surface area contributed by atoms with Gasteiger partial charge in [0.25, 0.3) is 0 Å². The van der Waals surface area contributed by atoms with Gasteiger partial charge >= 0.3 is 0 Å². The van der Waals surface area contributed by atoms with Crippen molar-refractivity contribution in [1.82, 2.24) is 5.32 Å². The summed E-state index contributed by atoms with van der Waals surface area (Å²) in [4.78, 5) is 37.5. The number of carbonyl (C=O) groups excluding carboxylic acids is 3. The molecule has 1 unspecified atom stereocenters. The van der Waals surface area contributed by atoms with Crippen LogP contribution < -0.4 is 16.8 Å². The van der Waals surface area contributed by atoms with Gasteiger partial charge in [-0.25, -0.2) is 0 Å². The molecule has 0 radical (unpaired) electrons. The molecular weight excluding hydrogens is 386 g/mol. The Morgan fingerprint density at radius 2 is 1.67 bits per heavy atom. The third kappa shape index (κ3) is 7.95. The first kappa shape index (κ1) is 25.9. The topological polar surface area (TPSA) is 145 Å². The lowest BCUT2D eigenvalue weighted by Gasteiger charge is -2.24. The van der Waals surface area contributed by atoms with E-state index in [9.17, 15) is 19.5 Å². The van der Waals surface area contributed by atoms with E-state index in [0.717, 1.165) is 11.1 Å². The number of amides is 1. The van der Waals surface area contributed by atoms with E-state index < -0.39 is 30.1 Å². The number of nitrogens with two attached hydrogens (primary N) is 2. The number of nitrogens with one attached hydrogen (secondary N) is 1. The Kier molecular flexibility index (Phi) is 10.8. The molecule has 0 aliphatic rings. The standard InChI is InChI=1S/C22H35N3O5/c1-13(2)21(28)18(10-23)25-22(29)17(15(4)26)9-19(27)20(11-24)30-12-16-7-5-14(3)6-8-16/h5-8,13,15,17-18,20,26H,9-12,23-24H2,1-4H3,(H,25,29)/t15?,17-,18-,20-/m0/s1. The van der Waals surface area contributed by atoms with Crippen LogP contribution in [0.3, 0.4) is 0 Å². The average molecular weight is 422 g/mol. The molecule has 8 heteroatoms. The average Bonchev–Trinajstić information content (AvgIpc) is 2.70. The minimum absolute atomic E-state index is 0.0455. The van der Waals surface area contributed by atoms with Gasteiger partial charge in [-0.2, -0.15) is 0 Å². The molecule has 0 spiro atoms. The SMILES string of the molecule is Cc1ccc(CO[C@@H](CN)C(=O)C[C@H](C(=O)N[C@@H](CN)C(=O)C(C)C)C(C)O)cc1. The van der Waals surface area contributed by atoms with Crippen LogP contribution in [-0.2, 0) is 25.7 Å². The highest BCUT2D eigenvalue weighted by Gasteiger charge is 2.32. The first-order valence-corrected chi connectivity index (χ1v) is 10.2. The number of benzene rings is 1. The number of Topliss-reactive ketones (excluding diaryl/α,β-unsaturated/α-hetero) is 2. The van der Waals surface area contributed by atoms with Gasteiger partial charge in [0.1, 0.15) is 6.10 Å². The van der Waals surface area contributed by atoms with Gasteiger partial charge in [0.05, 0.1) is 24.7 Å². The number of aliphatic hydroxyl groups excluding tert-OH is 1. The lowest BCUT2D eigenvalue weighted by atomic mass is 9.93. The summed E-state index contributed by atoms with van der Waals surface area (Å²) in [6.45, 7) is 6.92. The summed E-state index contributed by atoms with van der Waals surface area (Å²) >= 11 is 0. The number of ketones is 2. The molecule has 1 amide bonds. The molecule has 30 heavy (non-hydrogen) atoms. The molecule has 1 aromatic rings. The van der Waals surface area contributed by atoms with Crippen molar-refractivity contribution in [2.24, 2.45) is 23.3 Å². The van der Waals surface area contributed by atoms with E-state index in [4.69, 9.17) is 16.2 Å². The van der Waals surface area contributed by atoms with Crippen molar-refractivity contribution in [1.29, 1.82) is 0 Å². The molecule has 0 bridgehead atoms. The first-order valence-electron chi connectivity index (χ1n) is 10.2. The minimum atomic E-state index is -1.10. The second kappa shape index (κ2) is 12.5. The summed E-state index contributed by atoms with van der Waals surface area (Å²) in [6, 6.07) is 6.82. The molecule has 4 atom stereocenters. The summed E-state index contributed by atoms with van der Waals surface area (Å²) in [5.41, 5.74) is 13.3. The molecule has 0 saturated heterocycles. The zero-order valence-electron chi connectivity index (χ0n) is 18.3. The predicted octanol–water partition coefficient (Wildman–Crippen LogP) is 0.464. The summed E-state index contributed by atoms with van der Waals surface area (Å²) in [5, 5.41) is 12.6. The summed E-state index contributed by atoms with van der Waals surface area (Å²) in [5.74, 6) is -2.53. The van der Waals surface area contributed by atoms with Crippen molar-refractivity contribution in [3.8, 4) is 0 Å². The number of ether oxygens (including phenoxy) is 1. The lowest BCUT2D eigenvalue weighted by molar-refractivity contribution is -0.139. The van der Waals surface area contributed by atoms with E-state index in [1.165, 1.54) is 6.92 Å². The third-order valence-corrected chi connectivity index (χ3v) is 4.95. The number of aliphatic hydroxyl groups is 1. The molecule has 0 aliphatic carbocycles. The summed E-state index contributed by atoms with van der Waals surface area (Å²) < 4.78 is 5.65. The number of hydrogen-bond acceptors (Lipinski definition) is 7. The predicted molar refractivity (Wildman–Crippen MR) is 114 cm³/mol. The smallest absolute Gasteiger partial charge is 0.226 e. The highest BCUT2D eigenvalue weighted by Crippen LogP contribution is 2.15. The highest BCUT2D eigenvalue weighted by atomic mass is 16.5. The van der Waals surface area contributed by atoms with E-state index in [1.807, 2.05) is 31.2 Å². The van der Waals surface area contributed by atoms with Gasteiger partial charge in [-0.15, -0.1) is 0 Å². The largest absolute Gasteiger partial charge is 0.393 e. The molecule has 0 heterocycles. The molecule has 0 aliphatic heterocycles. The molecule has 1 aromatic carbocycles. The van der Waals surface area contributed by atoms with Crippen molar-refractivity contribution in [3.05, 3.63) is 35.4 Å². The van der Waals surface area contributed by atoms with Crippen molar-refractivity contribution in [2.75, 3.05) is 13.1 Å². The molecule has 0 aromatic heterocycles. The molecular formula is C22H35N3O5. The van der Waals surface area contributed by atoms with Gasteiger partial charge in [-0.3, -0.25) is 14.4 Å². The van der Waals surface area contributed by atoms with Crippen LogP contribution in [0.1, 0.15) is 38.3 Å². The summed E-state index contributed by atoms with van der Waals surface area (Å²) in [7, 11) is 0. The van der Waals surface area contributed by atoms with Crippen LogP contribution in [-0.4, -0.2) is 53.9 Å². The van der Waals surface area contributed by atoms with Gasteiger partial charge in [0.2, 0.25) is 5.91 Å². The van der Waals surface area contributed by atoms with Crippen molar-refractivity contribution >= 4 is 17.5 Å². The van der Waals surface area contributed by atoms with Crippen LogP contribution in [0.25, 0.3) is 0 Å². The van der Waals surface area contributed by atoms with Crippen molar-refractivity contribution < 1.29 is 24.2 Å². The van der Waals surface area contributed by atoms with E-state index in [0.29, 0.717) is 0 Å². The second-order valence-electron chi connectivity index (χ2n) is 7.89. The van der Waals surface area contributed by atoms with Gasteiger partial charge in [0, 0.05) is 25.4 Å². The van der Waals surface area contributed by atoms with Crippen LogP contribution in [0.15, 0.2) is 24.3 Å². The number of hydrogen-bond donors (Lipinski definition) is 4. The Morgan fingerprint density at radius 3 is 2.13 bits per heavy atom. The number of rotatable bonds is 13. The molecule has 0 saturated carbocycles. The minimum Gasteiger partial charge on any atom is -0.393 e. The molecule has 168 valence electrons. The normalized spacial score (nSPS) is 15.3. The lowest BCUT2D eigenvalue weighted by Crippen LogP contribution is -2.51. The quantitative estimate of drug-likeness (QED) is 0.362. The number of aryl methyl sites for hydroxylation is 1. The van der Waals surface area contributed by atoms with E-state index in [-0.39, 0.29) is 43.6 Å². The fourth-order valence-electron chi connectivity index (χ4n) is 2.93. The monoisotopic (exact) mass is 421 g/mol. The first-order chi connectivity index (χ1) is 14.1. The van der Waals surface area contributed by atoms with E-state index in [2.05, 4.69) is 5.32 Å². The van der Waals surface area contributed by atoms with Crippen LogP contribution in [0.5, 0.6) is 0 Å². The van der Waals surface area contributed by atoms with Gasteiger partial charge in [-0.1, -0.05) is 43.7 Å². The van der Waals surface area contributed by atoms with Crippen molar-refractivity contribution in [2.45, 2.75) is 59.0 Å². The van der Waals surface area contributed by atoms with Crippen LogP contribution >= 0.6 is 0 Å². The number of carbonyl (C=O) groups is 3. The fraction of sp³-hybridized carbons (Fsp3) is 0.591. The maximum atomic E-state index is 12.7. The third-order valence-electron chi connectivity index (χ3n) is 4.95. The molecule has 8 nitrogen and oxygen atoms in total. The van der Waals surface area contributed by atoms with Crippen LogP contribution in [0.2, 0.25) is 0 Å². The fourth-order valence-corrected chi connectivity index (χ4v) is 2.93. The highest BCUT2D eigenvalue weighted by molar-refractivity contribution is 5.93. The van der Waals surface area contributed by atoms with Crippen LogP contribution in [0, 0.1) is 18.8 Å². The van der Waals surface area contributed by atoms with Gasteiger partial charge < -0.3 is 26.6 Å².